The molecule has 1 N–H and O–H groups in total. The first-order valence-corrected chi connectivity index (χ1v) is 8.77. The van der Waals surface area contributed by atoms with Crippen LogP contribution in [-0.2, 0) is 4.79 Å². The molecule has 1 aromatic carbocycles. The summed E-state index contributed by atoms with van der Waals surface area (Å²) in [7, 11) is 3.14. The molecule has 0 radical (unpaired) electrons. The van der Waals surface area contributed by atoms with Crippen LogP contribution in [0.4, 0.5) is 0 Å². The van der Waals surface area contributed by atoms with Crippen molar-refractivity contribution in [2.24, 2.45) is 0 Å². The van der Waals surface area contributed by atoms with Crippen molar-refractivity contribution in [1.82, 2.24) is 4.90 Å². The van der Waals surface area contributed by atoms with E-state index in [4.69, 9.17) is 9.47 Å². The Morgan fingerprint density at radius 1 is 1.29 bits per heavy atom. The van der Waals surface area contributed by atoms with Gasteiger partial charge in [0.15, 0.2) is 0 Å². The van der Waals surface area contributed by atoms with Gasteiger partial charge in [0.2, 0.25) is 0 Å². The van der Waals surface area contributed by atoms with Crippen LogP contribution < -0.4 is 9.47 Å². The van der Waals surface area contributed by atoms with E-state index in [-0.39, 0.29) is 6.04 Å². The molecule has 0 saturated carbocycles. The maximum Gasteiger partial charge on any atom is 0.325 e. The zero-order valence-electron chi connectivity index (χ0n) is 13.8. The topological polar surface area (TPSA) is 59.0 Å². The van der Waals surface area contributed by atoms with Crippen LogP contribution in [0.5, 0.6) is 11.5 Å². The molecule has 1 aromatic heterocycles. The second-order valence-corrected chi connectivity index (χ2v) is 6.78. The highest BCUT2D eigenvalue weighted by Crippen LogP contribution is 2.41. The summed E-state index contributed by atoms with van der Waals surface area (Å²) in [5, 5.41) is 11.9. The summed E-state index contributed by atoms with van der Waals surface area (Å²) in [6.07, 6.45) is 1.97. The van der Waals surface area contributed by atoms with Crippen LogP contribution >= 0.6 is 11.3 Å². The number of ether oxygens (including phenoxy) is 2. The van der Waals surface area contributed by atoms with E-state index >= 15 is 0 Å². The molecule has 2 atom stereocenters. The fourth-order valence-corrected chi connectivity index (χ4v) is 4.23. The summed E-state index contributed by atoms with van der Waals surface area (Å²) in [6.45, 7) is 0.763. The van der Waals surface area contributed by atoms with Crippen molar-refractivity contribution in [3.63, 3.8) is 0 Å². The van der Waals surface area contributed by atoms with Crippen molar-refractivity contribution < 1.29 is 19.4 Å². The molecular formula is C18H21NO4S. The van der Waals surface area contributed by atoms with E-state index in [2.05, 4.69) is 11.0 Å². The second-order valence-electron chi connectivity index (χ2n) is 5.80. The number of thiophene rings is 1. The molecular weight excluding hydrogens is 326 g/mol. The second kappa shape index (κ2) is 7.23. The van der Waals surface area contributed by atoms with Gasteiger partial charge in [-0.05, 0) is 42.0 Å². The van der Waals surface area contributed by atoms with Gasteiger partial charge in [0.05, 0.1) is 14.2 Å². The van der Waals surface area contributed by atoms with Gasteiger partial charge in [-0.25, -0.2) is 0 Å². The molecule has 2 unspecified atom stereocenters. The van der Waals surface area contributed by atoms with Gasteiger partial charge >= 0.3 is 5.97 Å². The Hall–Kier alpha value is -2.05. The molecule has 0 amide bonds. The van der Waals surface area contributed by atoms with Crippen molar-refractivity contribution in [1.29, 1.82) is 0 Å². The van der Waals surface area contributed by atoms with Crippen molar-refractivity contribution in [2.75, 3.05) is 20.8 Å². The van der Waals surface area contributed by atoms with Crippen LogP contribution in [0.2, 0.25) is 0 Å². The van der Waals surface area contributed by atoms with Crippen LogP contribution in [0.3, 0.4) is 0 Å². The lowest BCUT2D eigenvalue weighted by atomic mass is 10.0. The number of aliphatic carboxylic acids is 1. The van der Waals surface area contributed by atoms with Gasteiger partial charge in [-0.3, -0.25) is 9.69 Å². The minimum atomic E-state index is -0.853. The summed E-state index contributed by atoms with van der Waals surface area (Å²) in [4.78, 5) is 15.4. The van der Waals surface area contributed by atoms with Gasteiger partial charge < -0.3 is 14.6 Å². The molecule has 0 spiro atoms. The van der Waals surface area contributed by atoms with E-state index in [0.717, 1.165) is 19.4 Å². The molecule has 1 fully saturated rings. The first kappa shape index (κ1) is 16.8. The van der Waals surface area contributed by atoms with E-state index < -0.39 is 12.0 Å². The van der Waals surface area contributed by atoms with Gasteiger partial charge in [-0.15, -0.1) is 11.3 Å². The number of likely N-dealkylation sites (tertiary alicyclic amines) is 1. The monoisotopic (exact) mass is 347 g/mol. The Kier molecular flexibility index (Phi) is 5.06. The largest absolute Gasteiger partial charge is 0.497 e. The Morgan fingerprint density at radius 2 is 2.00 bits per heavy atom. The standard InChI is InChI=1S/C18H21NO4S/c1-22-13-9-12(10-14(11-13)23-2)17(18(20)21)19-7-3-5-15(19)16-6-4-8-24-16/h4,6,8-11,15,17H,3,5,7H2,1-2H3,(H,20,21). The number of carbonyl (C=O) groups is 1. The first-order chi connectivity index (χ1) is 11.6. The number of methoxy groups -OCH3 is 2. The Labute approximate surface area is 145 Å². The number of benzene rings is 1. The molecule has 1 aliphatic heterocycles. The summed E-state index contributed by atoms with van der Waals surface area (Å²) in [5.41, 5.74) is 0.683. The summed E-state index contributed by atoms with van der Waals surface area (Å²) in [6, 6.07) is 8.84. The van der Waals surface area contributed by atoms with Gasteiger partial charge in [-0.1, -0.05) is 6.07 Å². The van der Waals surface area contributed by atoms with Crippen molar-refractivity contribution in [3.8, 4) is 11.5 Å². The Balaban J connectivity index is 1.99. The fraction of sp³-hybridized carbons (Fsp3) is 0.389. The fourth-order valence-electron chi connectivity index (χ4n) is 3.35. The lowest BCUT2D eigenvalue weighted by molar-refractivity contribution is -0.144. The minimum Gasteiger partial charge on any atom is -0.497 e. The third kappa shape index (κ3) is 3.25. The molecule has 1 saturated heterocycles. The molecule has 0 aliphatic carbocycles. The predicted octanol–water partition coefficient (Wildman–Crippen LogP) is 3.73. The predicted molar refractivity (Wildman–Crippen MR) is 92.9 cm³/mol. The van der Waals surface area contributed by atoms with Crippen LogP contribution in [0, 0.1) is 0 Å². The number of hydrogen-bond donors (Lipinski definition) is 1. The highest BCUT2D eigenvalue weighted by atomic mass is 32.1. The van der Waals surface area contributed by atoms with Gasteiger partial charge in [0.1, 0.15) is 17.5 Å². The smallest absolute Gasteiger partial charge is 0.325 e. The number of carboxylic acids is 1. The van der Waals surface area contributed by atoms with Crippen molar-refractivity contribution >= 4 is 17.3 Å². The molecule has 24 heavy (non-hydrogen) atoms. The molecule has 2 aromatic rings. The average molecular weight is 347 g/mol. The van der Waals surface area contributed by atoms with Crippen molar-refractivity contribution in [3.05, 3.63) is 46.2 Å². The minimum absolute atomic E-state index is 0.142. The highest BCUT2D eigenvalue weighted by molar-refractivity contribution is 7.10. The maximum absolute atomic E-state index is 12.1. The van der Waals surface area contributed by atoms with Crippen LogP contribution in [-0.4, -0.2) is 36.7 Å². The third-order valence-corrected chi connectivity index (χ3v) is 5.39. The SMILES string of the molecule is COc1cc(OC)cc(C(C(=O)O)N2CCCC2c2cccs2)c1. The van der Waals surface area contributed by atoms with Crippen LogP contribution in [0.25, 0.3) is 0 Å². The van der Waals surface area contributed by atoms with E-state index in [9.17, 15) is 9.90 Å². The van der Waals surface area contributed by atoms with E-state index in [1.165, 1.54) is 4.88 Å². The molecule has 2 heterocycles. The molecule has 0 bridgehead atoms. The third-order valence-electron chi connectivity index (χ3n) is 4.42. The van der Waals surface area contributed by atoms with E-state index in [1.807, 2.05) is 11.4 Å². The number of hydrogen-bond acceptors (Lipinski definition) is 5. The number of nitrogens with zero attached hydrogens (tertiary/aromatic N) is 1. The molecule has 3 rings (SSSR count). The maximum atomic E-state index is 12.1. The first-order valence-electron chi connectivity index (χ1n) is 7.89. The lowest BCUT2D eigenvalue weighted by Gasteiger charge is -2.30. The molecule has 1 aliphatic rings. The highest BCUT2D eigenvalue weighted by Gasteiger charge is 2.37. The van der Waals surface area contributed by atoms with Crippen LogP contribution in [0.15, 0.2) is 35.7 Å². The summed E-state index contributed by atoms with van der Waals surface area (Å²) in [5.74, 6) is 0.346. The number of carboxylic acid groups (broad SMARTS) is 1. The zero-order valence-corrected chi connectivity index (χ0v) is 14.6. The summed E-state index contributed by atoms with van der Waals surface area (Å²) < 4.78 is 10.6. The van der Waals surface area contributed by atoms with Gasteiger partial charge in [0, 0.05) is 23.5 Å². The number of rotatable bonds is 6. The zero-order chi connectivity index (χ0) is 17.1. The van der Waals surface area contributed by atoms with Crippen LogP contribution in [0.1, 0.15) is 35.4 Å². The summed E-state index contributed by atoms with van der Waals surface area (Å²) >= 11 is 1.68. The quantitative estimate of drug-likeness (QED) is 0.863. The lowest BCUT2D eigenvalue weighted by Crippen LogP contribution is -2.33. The average Bonchev–Trinajstić information content (AvgIpc) is 3.25. The van der Waals surface area contributed by atoms with Crippen molar-refractivity contribution in [2.45, 2.75) is 24.9 Å². The normalized spacial score (nSPS) is 19.2. The Bertz CT molecular complexity index is 679. The van der Waals surface area contributed by atoms with E-state index in [1.54, 1.807) is 43.8 Å². The van der Waals surface area contributed by atoms with Gasteiger partial charge in [-0.2, -0.15) is 0 Å². The molecule has 128 valence electrons. The molecule has 5 nitrogen and oxygen atoms in total. The van der Waals surface area contributed by atoms with E-state index in [0.29, 0.717) is 17.1 Å². The molecule has 6 heteroatoms. The van der Waals surface area contributed by atoms with Gasteiger partial charge in [0.25, 0.3) is 0 Å². The Morgan fingerprint density at radius 3 is 2.54 bits per heavy atom.